The van der Waals surface area contributed by atoms with Gasteiger partial charge in [0.1, 0.15) is 0 Å². The Hall–Kier alpha value is -0.680. The maximum atomic E-state index is 13.9. The lowest BCUT2D eigenvalue weighted by atomic mass is 9.99. The van der Waals surface area contributed by atoms with Crippen molar-refractivity contribution in [2.24, 2.45) is 0 Å². The van der Waals surface area contributed by atoms with Crippen LogP contribution < -0.4 is 4.90 Å². The predicted molar refractivity (Wildman–Crippen MR) is 68.6 cm³/mol. The van der Waals surface area contributed by atoms with Crippen molar-refractivity contribution in [3.05, 3.63) is 22.6 Å². The van der Waals surface area contributed by atoms with Crippen molar-refractivity contribution in [3.8, 4) is 0 Å². The normalized spacial score (nSPS) is 20.6. The number of nitrogens with zero attached hydrogens (tertiary/aromatic N) is 2. The van der Waals surface area contributed by atoms with Crippen molar-refractivity contribution in [2.75, 3.05) is 18.1 Å². The third-order valence-electron chi connectivity index (χ3n) is 3.15. The van der Waals surface area contributed by atoms with Gasteiger partial charge in [-0.3, -0.25) is 0 Å². The summed E-state index contributed by atoms with van der Waals surface area (Å²) in [6, 6.07) is 1.64. The average Bonchev–Trinajstić information content (AvgIpc) is 2.31. The Labute approximate surface area is 109 Å². The topological polar surface area (TPSA) is 36.4 Å². The first-order valence-corrected chi connectivity index (χ1v) is 6.70. The first-order chi connectivity index (χ1) is 8.22. The summed E-state index contributed by atoms with van der Waals surface area (Å²) in [5.41, 5.74) is 0. The Morgan fingerprint density at radius 3 is 3.06 bits per heavy atom. The summed E-state index contributed by atoms with van der Waals surface area (Å²) in [5.74, 6) is 0.107. The Morgan fingerprint density at radius 1 is 1.53 bits per heavy atom. The van der Waals surface area contributed by atoms with Gasteiger partial charge in [-0.15, -0.1) is 0 Å². The summed E-state index contributed by atoms with van der Waals surface area (Å²) in [7, 11) is 0. The molecule has 0 aromatic carbocycles. The van der Waals surface area contributed by atoms with E-state index >= 15 is 0 Å². The minimum atomic E-state index is -0.302. The van der Waals surface area contributed by atoms with Crippen LogP contribution in [-0.4, -0.2) is 29.3 Å². The van der Waals surface area contributed by atoms with Crippen molar-refractivity contribution < 1.29 is 9.50 Å². The molecule has 5 heteroatoms. The smallest absolute Gasteiger partial charge is 0.166 e. The monoisotopic (exact) mass is 302 g/mol. The van der Waals surface area contributed by atoms with Gasteiger partial charge in [-0.25, -0.2) is 9.37 Å². The summed E-state index contributed by atoms with van der Waals surface area (Å²) in [5, 5.41) is 9.05. The van der Waals surface area contributed by atoms with Crippen molar-refractivity contribution in [3.63, 3.8) is 0 Å². The third-order valence-corrected chi connectivity index (χ3v) is 3.58. The van der Waals surface area contributed by atoms with Gasteiger partial charge in [0.25, 0.3) is 0 Å². The standard InChI is InChI=1S/C12H16BrFN2O/c13-9-7-11(14)12(15-8-9)16-5-2-1-3-10(16)4-6-17/h7-8,10,17H,1-6H2. The van der Waals surface area contributed by atoms with Crippen LogP contribution in [0.25, 0.3) is 0 Å². The van der Waals surface area contributed by atoms with Crippen LogP contribution in [-0.2, 0) is 0 Å². The largest absolute Gasteiger partial charge is 0.396 e. The number of hydrogen-bond donors (Lipinski definition) is 1. The molecule has 2 rings (SSSR count). The van der Waals surface area contributed by atoms with Gasteiger partial charge in [-0.1, -0.05) is 0 Å². The molecular weight excluding hydrogens is 287 g/mol. The molecule has 1 N–H and O–H groups in total. The maximum Gasteiger partial charge on any atom is 0.166 e. The number of pyridine rings is 1. The molecule has 1 aliphatic heterocycles. The molecule has 0 aliphatic carbocycles. The molecular formula is C12H16BrFN2O. The Bertz CT molecular complexity index is 387. The van der Waals surface area contributed by atoms with Gasteiger partial charge >= 0.3 is 0 Å². The Kier molecular flexibility index (Phi) is 4.34. The quantitative estimate of drug-likeness (QED) is 0.933. The lowest BCUT2D eigenvalue weighted by Gasteiger charge is -2.36. The number of anilines is 1. The molecule has 2 heterocycles. The van der Waals surface area contributed by atoms with Gasteiger partial charge in [0.15, 0.2) is 11.6 Å². The molecule has 0 amide bonds. The van der Waals surface area contributed by atoms with E-state index in [0.717, 1.165) is 25.8 Å². The molecule has 1 atom stereocenters. The van der Waals surface area contributed by atoms with E-state index in [2.05, 4.69) is 20.9 Å². The number of hydrogen-bond acceptors (Lipinski definition) is 3. The highest BCUT2D eigenvalue weighted by molar-refractivity contribution is 9.10. The molecule has 17 heavy (non-hydrogen) atoms. The average molecular weight is 303 g/mol. The lowest BCUT2D eigenvalue weighted by molar-refractivity contribution is 0.261. The van der Waals surface area contributed by atoms with E-state index in [1.165, 1.54) is 6.07 Å². The van der Waals surface area contributed by atoms with Gasteiger partial charge in [-0.05, 0) is 47.7 Å². The van der Waals surface area contributed by atoms with Crippen molar-refractivity contribution in [2.45, 2.75) is 31.7 Å². The van der Waals surface area contributed by atoms with Gasteiger partial charge < -0.3 is 10.0 Å². The summed E-state index contributed by atoms with van der Waals surface area (Å²) in [6.07, 6.45) is 5.48. The van der Waals surface area contributed by atoms with Crippen LogP contribution >= 0.6 is 15.9 Å². The third kappa shape index (κ3) is 2.96. The molecule has 1 saturated heterocycles. The number of halogens is 2. The van der Waals surface area contributed by atoms with E-state index in [9.17, 15) is 4.39 Å². The molecule has 3 nitrogen and oxygen atoms in total. The summed E-state index contributed by atoms with van der Waals surface area (Å²) < 4.78 is 14.5. The molecule has 0 saturated carbocycles. The summed E-state index contributed by atoms with van der Waals surface area (Å²) in [4.78, 5) is 6.14. The van der Waals surface area contributed by atoms with Crippen molar-refractivity contribution in [1.82, 2.24) is 4.98 Å². The summed E-state index contributed by atoms with van der Waals surface area (Å²) >= 11 is 3.21. The first kappa shape index (κ1) is 12.8. The highest BCUT2D eigenvalue weighted by Crippen LogP contribution is 2.28. The molecule has 1 aromatic rings. The van der Waals surface area contributed by atoms with Crippen molar-refractivity contribution in [1.29, 1.82) is 0 Å². The van der Waals surface area contributed by atoms with Gasteiger partial charge in [0, 0.05) is 29.9 Å². The van der Waals surface area contributed by atoms with E-state index in [1.807, 2.05) is 4.90 Å². The number of aromatic nitrogens is 1. The van der Waals surface area contributed by atoms with E-state index in [4.69, 9.17) is 5.11 Å². The first-order valence-electron chi connectivity index (χ1n) is 5.91. The molecule has 0 bridgehead atoms. The predicted octanol–water partition coefficient (Wildman–Crippen LogP) is 2.72. The molecule has 0 radical (unpaired) electrons. The van der Waals surface area contributed by atoms with Crippen LogP contribution in [0.4, 0.5) is 10.2 Å². The minimum Gasteiger partial charge on any atom is -0.396 e. The fourth-order valence-electron chi connectivity index (χ4n) is 2.35. The SMILES string of the molecule is OCCC1CCCCN1c1ncc(Br)cc1F. The van der Waals surface area contributed by atoms with Crippen LogP contribution in [0.15, 0.2) is 16.7 Å². The highest BCUT2D eigenvalue weighted by Gasteiger charge is 2.25. The summed E-state index contributed by atoms with van der Waals surface area (Å²) in [6.45, 7) is 0.954. The number of aliphatic hydroxyl groups is 1. The van der Waals surface area contributed by atoms with Crippen LogP contribution in [0.5, 0.6) is 0 Å². The van der Waals surface area contributed by atoms with Crippen LogP contribution in [0.3, 0.4) is 0 Å². The number of piperidine rings is 1. The van der Waals surface area contributed by atoms with Crippen LogP contribution in [0.1, 0.15) is 25.7 Å². The molecule has 1 aliphatic rings. The van der Waals surface area contributed by atoms with E-state index in [1.54, 1.807) is 6.20 Å². The number of rotatable bonds is 3. The second-order valence-corrected chi connectivity index (χ2v) is 5.23. The zero-order valence-corrected chi connectivity index (χ0v) is 11.2. The van der Waals surface area contributed by atoms with E-state index in [0.29, 0.717) is 16.7 Å². The molecule has 94 valence electrons. The molecule has 1 unspecified atom stereocenters. The van der Waals surface area contributed by atoms with Crippen LogP contribution in [0.2, 0.25) is 0 Å². The highest BCUT2D eigenvalue weighted by atomic mass is 79.9. The number of aliphatic hydroxyl groups excluding tert-OH is 1. The fourth-order valence-corrected chi connectivity index (χ4v) is 2.65. The Balaban J connectivity index is 2.23. The molecule has 1 fully saturated rings. The van der Waals surface area contributed by atoms with E-state index in [-0.39, 0.29) is 18.5 Å². The second-order valence-electron chi connectivity index (χ2n) is 4.31. The minimum absolute atomic E-state index is 0.138. The van der Waals surface area contributed by atoms with Gasteiger partial charge in [0.05, 0.1) is 0 Å². The maximum absolute atomic E-state index is 13.9. The zero-order valence-electron chi connectivity index (χ0n) is 9.57. The van der Waals surface area contributed by atoms with Gasteiger partial charge in [0.2, 0.25) is 0 Å². The zero-order chi connectivity index (χ0) is 12.3. The molecule has 0 spiro atoms. The molecule has 1 aromatic heterocycles. The van der Waals surface area contributed by atoms with Crippen LogP contribution in [0, 0.1) is 5.82 Å². The fraction of sp³-hybridized carbons (Fsp3) is 0.583. The lowest BCUT2D eigenvalue weighted by Crippen LogP contribution is -2.41. The second kappa shape index (κ2) is 5.78. The van der Waals surface area contributed by atoms with Gasteiger partial charge in [-0.2, -0.15) is 0 Å². The van der Waals surface area contributed by atoms with Crippen molar-refractivity contribution >= 4 is 21.7 Å². The Morgan fingerprint density at radius 2 is 2.35 bits per heavy atom. The van der Waals surface area contributed by atoms with E-state index < -0.39 is 0 Å².